The average molecular weight is 557 g/mol. The summed E-state index contributed by atoms with van der Waals surface area (Å²) in [6.07, 6.45) is 8.41. The summed E-state index contributed by atoms with van der Waals surface area (Å²) in [5.41, 5.74) is 2.09. The Kier molecular flexibility index (Phi) is 11.7. The lowest BCUT2D eigenvalue weighted by atomic mass is 10.1. The molecule has 10 heteroatoms. The van der Waals surface area contributed by atoms with Crippen LogP contribution >= 0.6 is 0 Å². The number of amides is 2. The van der Waals surface area contributed by atoms with E-state index in [1.807, 2.05) is 31.1 Å². The molecule has 3 atom stereocenters. The molecule has 1 saturated carbocycles. The lowest BCUT2D eigenvalue weighted by molar-refractivity contribution is -0.135. The van der Waals surface area contributed by atoms with Crippen LogP contribution in [0, 0.1) is 29.1 Å². The van der Waals surface area contributed by atoms with Gasteiger partial charge in [0.05, 0.1) is 23.4 Å². The molecule has 1 aliphatic rings. The summed E-state index contributed by atoms with van der Waals surface area (Å²) in [5, 5.41) is 18.6. The number of rotatable bonds is 11. The second kappa shape index (κ2) is 15.4. The van der Waals surface area contributed by atoms with Crippen molar-refractivity contribution < 1.29 is 9.59 Å². The molecular formula is C31H40N8O2. The van der Waals surface area contributed by atoms with Crippen LogP contribution in [0.5, 0.6) is 0 Å². The van der Waals surface area contributed by atoms with Crippen molar-refractivity contribution in [2.45, 2.75) is 51.6 Å². The van der Waals surface area contributed by atoms with Gasteiger partial charge in [-0.1, -0.05) is 24.8 Å². The first-order chi connectivity index (χ1) is 19.7. The first-order valence-electron chi connectivity index (χ1n) is 14.0. The highest BCUT2D eigenvalue weighted by Gasteiger charge is 2.28. The lowest BCUT2D eigenvalue weighted by Crippen LogP contribution is -2.48. The van der Waals surface area contributed by atoms with Crippen molar-refractivity contribution in [3.8, 4) is 17.9 Å². The van der Waals surface area contributed by atoms with Gasteiger partial charge in [0.2, 0.25) is 17.8 Å². The number of nitrogens with one attached hydrogen (secondary N) is 3. The Morgan fingerprint density at radius 2 is 1.95 bits per heavy atom. The van der Waals surface area contributed by atoms with Gasteiger partial charge in [0.1, 0.15) is 11.9 Å². The minimum atomic E-state index is -0.572. The number of nitriles is 1. The van der Waals surface area contributed by atoms with Gasteiger partial charge in [0, 0.05) is 43.9 Å². The highest BCUT2D eigenvalue weighted by Crippen LogP contribution is 2.26. The van der Waals surface area contributed by atoms with Crippen molar-refractivity contribution in [2.75, 3.05) is 44.9 Å². The number of carbonyl (C=O) groups is 2. The van der Waals surface area contributed by atoms with Crippen LogP contribution in [-0.2, 0) is 9.59 Å². The quantitative estimate of drug-likeness (QED) is 0.284. The van der Waals surface area contributed by atoms with Gasteiger partial charge in [0.15, 0.2) is 0 Å². The SMILES string of the molecule is CCCNc1nc(Nc2ccc(C#N)cc2)ncc1C#C[C@H]1CC[C@H](NC(=O)[C@H](C)N(C)C(=O)C=CCN(C)C)C1. The molecule has 0 radical (unpaired) electrons. The average Bonchev–Trinajstić information content (AvgIpc) is 3.41. The molecule has 0 bridgehead atoms. The normalized spacial score (nSPS) is 16.9. The molecule has 3 rings (SSSR count). The fourth-order valence-corrected chi connectivity index (χ4v) is 4.26. The van der Waals surface area contributed by atoms with Gasteiger partial charge in [-0.05, 0) is 71.0 Å². The first kappa shape index (κ1) is 31.1. The molecule has 1 aliphatic carbocycles. The third-order valence-corrected chi connectivity index (χ3v) is 6.83. The minimum Gasteiger partial charge on any atom is -0.369 e. The molecule has 1 aromatic carbocycles. The van der Waals surface area contributed by atoms with Crippen LogP contribution < -0.4 is 16.0 Å². The molecular weight excluding hydrogens is 516 g/mol. The van der Waals surface area contributed by atoms with Gasteiger partial charge in [-0.15, -0.1) is 0 Å². The predicted octanol–water partition coefficient (Wildman–Crippen LogP) is 3.51. The highest BCUT2D eigenvalue weighted by atomic mass is 16.2. The Bertz CT molecular complexity index is 1320. The van der Waals surface area contributed by atoms with Crippen LogP contribution in [0.25, 0.3) is 0 Å². The van der Waals surface area contributed by atoms with Crippen LogP contribution in [-0.4, -0.2) is 77.9 Å². The molecule has 10 nitrogen and oxygen atoms in total. The number of benzene rings is 1. The van der Waals surface area contributed by atoms with Crippen molar-refractivity contribution in [3.05, 3.63) is 53.7 Å². The molecule has 2 amide bonds. The van der Waals surface area contributed by atoms with E-state index >= 15 is 0 Å². The van der Waals surface area contributed by atoms with Gasteiger partial charge >= 0.3 is 0 Å². The van der Waals surface area contributed by atoms with Gasteiger partial charge < -0.3 is 25.8 Å². The summed E-state index contributed by atoms with van der Waals surface area (Å²) in [6, 6.07) is 8.64. The van der Waals surface area contributed by atoms with E-state index in [1.54, 1.807) is 38.4 Å². The largest absolute Gasteiger partial charge is 0.369 e. The standard InChI is InChI=1S/C31H40N8O2/c1-6-17-33-29-25(21-34-31(37-29)36-26-14-11-24(20-32)12-15-26)13-9-23-10-16-27(19-23)35-30(41)22(2)39(5)28(40)8-7-18-38(3)4/h7-8,11-12,14-15,21-23,27H,6,10,16-19H2,1-5H3,(H,35,41)(H2,33,34,36,37)/t22-,23-,27-/m0/s1. The molecule has 0 unspecified atom stereocenters. The van der Waals surface area contributed by atoms with Crippen molar-refractivity contribution in [1.29, 1.82) is 5.26 Å². The zero-order valence-electron chi connectivity index (χ0n) is 24.6. The van der Waals surface area contributed by atoms with E-state index in [4.69, 9.17) is 5.26 Å². The predicted molar refractivity (Wildman–Crippen MR) is 161 cm³/mol. The molecule has 0 spiro atoms. The third-order valence-electron chi connectivity index (χ3n) is 6.83. The number of likely N-dealkylation sites (N-methyl/N-ethyl adjacent to an activating group) is 2. The summed E-state index contributed by atoms with van der Waals surface area (Å²) in [4.78, 5) is 37.7. The highest BCUT2D eigenvalue weighted by molar-refractivity contribution is 5.92. The van der Waals surface area contributed by atoms with Crippen molar-refractivity contribution >= 4 is 29.3 Å². The van der Waals surface area contributed by atoms with E-state index in [0.29, 0.717) is 29.4 Å². The maximum Gasteiger partial charge on any atom is 0.246 e. The Morgan fingerprint density at radius 1 is 1.20 bits per heavy atom. The van der Waals surface area contributed by atoms with Crippen LogP contribution in [0.1, 0.15) is 50.7 Å². The number of aromatic nitrogens is 2. The molecule has 1 heterocycles. The van der Waals surface area contributed by atoms with Crippen molar-refractivity contribution in [2.24, 2.45) is 5.92 Å². The molecule has 0 aliphatic heterocycles. The number of anilines is 3. The zero-order chi connectivity index (χ0) is 29.8. The van der Waals surface area contributed by atoms with Gasteiger partial charge in [-0.3, -0.25) is 9.59 Å². The first-order valence-corrected chi connectivity index (χ1v) is 14.0. The second-order valence-electron chi connectivity index (χ2n) is 10.5. The van der Waals surface area contributed by atoms with Gasteiger partial charge in [-0.25, -0.2) is 4.98 Å². The van der Waals surface area contributed by atoms with E-state index in [-0.39, 0.29) is 23.8 Å². The Balaban J connectivity index is 1.59. The Morgan fingerprint density at radius 3 is 2.63 bits per heavy atom. The molecule has 216 valence electrons. The molecule has 3 N–H and O–H groups in total. The Labute approximate surface area is 243 Å². The topological polar surface area (TPSA) is 126 Å². The second-order valence-corrected chi connectivity index (χ2v) is 10.5. The summed E-state index contributed by atoms with van der Waals surface area (Å²) in [7, 11) is 5.50. The molecule has 41 heavy (non-hydrogen) atoms. The summed E-state index contributed by atoms with van der Waals surface area (Å²) in [6.45, 7) is 5.23. The van der Waals surface area contributed by atoms with Crippen molar-refractivity contribution in [1.82, 2.24) is 25.1 Å². The Hall–Kier alpha value is -4.41. The number of hydrogen-bond acceptors (Lipinski definition) is 8. The molecule has 0 saturated heterocycles. The maximum absolute atomic E-state index is 12.8. The van der Waals surface area contributed by atoms with E-state index in [1.165, 1.54) is 11.0 Å². The fraction of sp³-hybridized carbons (Fsp3) is 0.452. The molecule has 2 aromatic rings. The number of hydrogen-bond donors (Lipinski definition) is 3. The summed E-state index contributed by atoms with van der Waals surface area (Å²) < 4.78 is 0. The maximum atomic E-state index is 12.8. The van der Waals surface area contributed by atoms with Crippen molar-refractivity contribution in [3.63, 3.8) is 0 Å². The fourth-order valence-electron chi connectivity index (χ4n) is 4.26. The van der Waals surface area contributed by atoms with Gasteiger partial charge in [-0.2, -0.15) is 10.2 Å². The monoisotopic (exact) mass is 556 g/mol. The van der Waals surface area contributed by atoms with E-state index in [9.17, 15) is 9.59 Å². The number of carbonyl (C=O) groups excluding carboxylic acids is 2. The molecule has 1 aromatic heterocycles. The third kappa shape index (κ3) is 9.63. The smallest absolute Gasteiger partial charge is 0.246 e. The van der Waals surface area contributed by atoms with Crippen LogP contribution in [0.3, 0.4) is 0 Å². The summed E-state index contributed by atoms with van der Waals surface area (Å²) >= 11 is 0. The van der Waals surface area contributed by atoms with E-state index < -0.39 is 6.04 Å². The summed E-state index contributed by atoms with van der Waals surface area (Å²) in [5.74, 6) is 7.48. The van der Waals surface area contributed by atoms with Crippen LogP contribution in [0.2, 0.25) is 0 Å². The minimum absolute atomic E-state index is 0.0185. The van der Waals surface area contributed by atoms with E-state index in [2.05, 4.69) is 50.8 Å². The van der Waals surface area contributed by atoms with Gasteiger partial charge in [0.25, 0.3) is 0 Å². The lowest BCUT2D eigenvalue weighted by Gasteiger charge is -2.24. The number of nitrogens with zero attached hydrogens (tertiary/aromatic N) is 5. The van der Waals surface area contributed by atoms with Crippen LogP contribution in [0.15, 0.2) is 42.6 Å². The zero-order valence-corrected chi connectivity index (χ0v) is 24.6. The van der Waals surface area contributed by atoms with E-state index in [0.717, 1.165) is 37.9 Å². The van der Waals surface area contributed by atoms with Crippen LogP contribution in [0.4, 0.5) is 17.5 Å². The molecule has 1 fully saturated rings.